The number of nitrogens with one attached hydrogen (secondary N) is 1. The number of halogens is 2. The summed E-state index contributed by atoms with van der Waals surface area (Å²) in [6.07, 6.45) is -2.47. The van der Waals surface area contributed by atoms with Crippen LogP contribution in [0.5, 0.6) is 0 Å². The van der Waals surface area contributed by atoms with Gasteiger partial charge >= 0.3 is 0 Å². The molecule has 0 aliphatic rings. The van der Waals surface area contributed by atoms with E-state index in [1.54, 1.807) is 12.1 Å². The molecule has 1 aromatic carbocycles. The summed E-state index contributed by atoms with van der Waals surface area (Å²) < 4.78 is 53.1. The van der Waals surface area contributed by atoms with Crippen LogP contribution in [0, 0.1) is 0 Å². The maximum atomic E-state index is 11.8. The lowest BCUT2D eigenvalue weighted by molar-refractivity contribution is 0.0215. The van der Waals surface area contributed by atoms with Crippen LogP contribution in [0.25, 0.3) is 0 Å². The van der Waals surface area contributed by atoms with Gasteiger partial charge in [0.25, 0.3) is 6.43 Å². The Bertz CT molecular complexity index is 504. The zero-order chi connectivity index (χ0) is 15.2. The molecule has 0 atom stereocenters. The first kappa shape index (κ1) is 16.8. The standard InChI is InChI=1S/C12H18F2N2O3S/c1-16(2)20(17,18)11-5-3-10(4-6-11)15-7-8-19-9-12(13)14/h3-6,12,15H,7-9H2,1-2H3. The third-order valence-electron chi connectivity index (χ3n) is 2.45. The molecule has 5 nitrogen and oxygen atoms in total. The fourth-order valence-electron chi connectivity index (χ4n) is 1.40. The minimum absolute atomic E-state index is 0.155. The van der Waals surface area contributed by atoms with Crippen molar-refractivity contribution in [3.8, 4) is 0 Å². The summed E-state index contributed by atoms with van der Waals surface area (Å²) in [6, 6.07) is 6.20. The first-order valence-electron chi connectivity index (χ1n) is 5.96. The SMILES string of the molecule is CN(C)S(=O)(=O)c1ccc(NCCOCC(F)F)cc1. The Morgan fingerprint density at radius 2 is 1.85 bits per heavy atom. The highest BCUT2D eigenvalue weighted by molar-refractivity contribution is 7.89. The molecule has 1 N–H and O–H groups in total. The van der Waals surface area contributed by atoms with E-state index in [2.05, 4.69) is 5.32 Å². The summed E-state index contributed by atoms with van der Waals surface area (Å²) >= 11 is 0. The van der Waals surface area contributed by atoms with Crippen molar-refractivity contribution < 1.29 is 21.9 Å². The van der Waals surface area contributed by atoms with Crippen molar-refractivity contribution in [1.29, 1.82) is 0 Å². The van der Waals surface area contributed by atoms with E-state index in [9.17, 15) is 17.2 Å². The molecule has 0 aliphatic heterocycles. The Labute approximate surface area is 117 Å². The average molecular weight is 308 g/mol. The Morgan fingerprint density at radius 1 is 1.25 bits per heavy atom. The Balaban J connectivity index is 2.48. The van der Waals surface area contributed by atoms with Crippen LogP contribution in [0.1, 0.15) is 0 Å². The molecule has 0 amide bonds. The molecular formula is C12H18F2N2O3S. The minimum atomic E-state index is -3.43. The third kappa shape index (κ3) is 5.03. The van der Waals surface area contributed by atoms with Gasteiger partial charge in [0.15, 0.2) is 0 Å². The maximum absolute atomic E-state index is 11.8. The molecule has 0 aromatic heterocycles. The molecule has 0 fully saturated rings. The molecule has 114 valence electrons. The quantitative estimate of drug-likeness (QED) is 0.742. The van der Waals surface area contributed by atoms with E-state index < -0.39 is 23.1 Å². The van der Waals surface area contributed by atoms with Crippen LogP contribution in [0.4, 0.5) is 14.5 Å². The van der Waals surface area contributed by atoms with Gasteiger partial charge in [-0.15, -0.1) is 0 Å². The highest BCUT2D eigenvalue weighted by Crippen LogP contribution is 2.16. The van der Waals surface area contributed by atoms with Crippen LogP contribution in [0.2, 0.25) is 0 Å². The van der Waals surface area contributed by atoms with Gasteiger partial charge in [-0.1, -0.05) is 0 Å². The maximum Gasteiger partial charge on any atom is 0.261 e. The molecule has 8 heteroatoms. The van der Waals surface area contributed by atoms with Gasteiger partial charge in [0.1, 0.15) is 6.61 Å². The molecule has 0 saturated heterocycles. The van der Waals surface area contributed by atoms with Gasteiger partial charge in [0.2, 0.25) is 10.0 Å². The average Bonchev–Trinajstić information content (AvgIpc) is 2.38. The van der Waals surface area contributed by atoms with E-state index in [1.165, 1.54) is 26.2 Å². The first-order chi connectivity index (χ1) is 9.34. The Kier molecular flexibility index (Phi) is 6.31. The van der Waals surface area contributed by atoms with Gasteiger partial charge in [0, 0.05) is 26.3 Å². The lowest BCUT2D eigenvalue weighted by atomic mass is 10.3. The van der Waals surface area contributed by atoms with Crippen LogP contribution in [0.3, 0.4) is 0 Å². The molecule has 0 radical (unpaired) electrons. The van der Waals surface area contributed by atoms with Gasteiger partial charge in [-0.3, -0.25) is 0 Å². The number of hydrogen-bond donors (Lipinski definition) is 1. The van der Waals surface area contributed by atoms with E-state index in [0.717, 1.165) is 4.31 Å². The van der Waals surface area contributed by atoms with Crippen LogP contribution < -0.4 is 5.32 Å². The summed E-state index contributed by atoms with van der Waals surface area (Å²) in [4.78, 5) is 0.196. The molecule has 0 heterocycles. The van der Waals surface area contributed by atoms with Gasteiger partial charge < -0.3 is 10.1 Å². The molecule has 0 unspecified atom stereocenters. The first-order valence-corrected chi connectivity index (χ1v) is 7.40. The minimum Gasteiger partial charge on any atom is -0.383 e. The Morgan fingerprint density at radius 3 is 2.35 bits per heavy atom. The lowest BCUT2D eigenvalue weighted by Gasteiger charge is -2.12. The van der Waals surface area contributed by atoms with Crippen molar-refractivity contribution in [2.75, 3.05) is 39.2 Å². The second-order valence-corrected chi connectivity index (χ2v) is 6.36. The number of sulfonamides is 1. The number of rotatable bonds is 8. The summed E-state index contributed by atoms with van der Waals surface area (Å²) in [7, 11) is -0.514. The van der Waals surface area contributed by atoms with E-state index in [0.29, 0.717) is 12.2 Å². The number of hydrogen-bond acceptors (Lipinski definition) is 4. The van der Waals surface area contributed by atoms with Crippen LogP contribution in [-0.4, -0.2) is 53.0 Å². The van der Waals surface area contributed by atoms with E-state index in [4.69, 9.17) is 4.74 Å². The van der Waals surface area contributed by atoms with Crippen molar-refractivity contribution >= 4 is 15.7 Å². The molecule has 0 spiro atoms. The number of nitrogens with zero attached hydrogens (tertiary/aromatic N) is 1. The van der Waals surface area contributed by atoms with Crippen molar-refractivity contribution in [3.05, 3.63) is 24.3 Å². The summed E-state index contributed by atoms with van der Waals surface area (Å²) in [5.41, 5.74) is 0.698. The zero-order valence-corrected chi connectivity index (χ0v) is 12.2. The van der Waals surface area contributed by atoms with Gasteiger partial charge in [0.05, 0.1) is 11.5 Å². The number of anilines is 1. The molecular weight excluding hydrogens is 290 g/mol. The molecule has 20 heavy (non-hydrogen) atoms. The van der Waals surface area contributed by atoms with Crippen molar-refractivity contribution in [2.45, 2.75) is 11.3 Å². The van der Waals surface area contributed by atoms with E-state index >= 15 is 0 Å². The summed E-state index contributed by atoms with van der Waals surface area (Å²) in [5, 5.41) is 2.95. The molecule has 0 bridgehead atoms. The number of benzene rings is 1. The highest BCUT2D eigenvalue weighted by atomic mass is 32.2. The predicted molar refractivity (Wildman–Crippen MR) is 72.6 cm³/mol. The van der Waals surface area contributed by atoms with Crippen molar-refractivity contribution in [3.63, 3.8) is 0 Å². The number of ether oxygens (including phenoxy) is 1. The zero-order valence-electron chi connectivity index (χ0n) is 11.3. The van der Waals surface area contributed by atoms with Crippen LogP contribution in [-0.2, 0) is 14.8 Å². The number of alkyl halides is 2. The van der Waals surface area contributed by atoms with Gasteiger partial charge in [-0.2, -0.15) is 0 Å². The molecule has 1 rings (SSSR count). The summed E-state index contributed by atoms with van der Waals surface area (Å²) in [5.74, 6) is 0. The fraction of sp³-hybridized carbons (Fsp3) is 0.500. The highest BCUT2D eigenvalue weighted by Gasteiger charge is 2.16. The van der Waals surface area contributed by atoms with E-state index in [-0.39, 0.29) is 11.5 Å². The van der Waals surface area contributed by atoms with Crippen molar-refractivity contribution in [2.24, 2.45) is 0 Å². The lowest BCUT2D eigenvalue weighted by Crippen LogP contribution is -2.22. The normalized spacial score (nSPS) is 12.1. The Hall–Kier alpha value is -1.25. The smallest absolute Gasteiger partial charge is 0.261 e. The topological polar surface area (TPSA) is 58.6 Å². The largest absolute Gasteiger partial charge is 0.383 e. The molecule has 0 saturated carbocycles. The third-order valence-corrected chi connectivity index (χ3v) is 4.28. The molecule has 0 aliphatic carbocycles. The second kappa shape index (κ2) is 7.51. The predicted octanol–water partition coefficient (Wildman–Crippen LogP) is 1.63. The monoisotopic (exact) mass is 308 g/mol. The van der Waals surface area contributed by atoms with Crippen LogP contribution in [0.15, 0.2) is 29.2 Å². The fourth-order valence-corrected chi connectivity index (χ4v) is 2.30. The van der Waals surface area contributed by atoms with Gasteiger partial charge in [-0.05, 0) is 24.3 Å². The van der Waals surface area contributed by atoms with Crippen molar-refractivity contribution in [1.82, 2.24) is 4.31 Å². The van der Waals surface area contributed by atoms with Crippen LogP contribution >= 0.6 is 0 Å². The molecule has 1 aromatic rings. The van der Waals surface area contributed by atoms with E-state index in [1.807, 2.05) is 0 Å². The second-order valence-electron chi connectivity index (χ2n) is 4.20. The summed E-state index contributed by atoms with van der Waals surface area (Å²) in [6.45, 7) is -0.0592. The van der Waals surface area contributed by atoms with Gasteiger partial charge in [-0.25, -0.2) is 21.5 Å².